The highest BCUT2D eigenvalue weighted by atomic mass is 15.1. The number of allylic oxidation sites excluding steroid dienone is 8. The highest BCUT2D eigenvalue weighted by Crippen LogP contribution is 2.27. The summed E-state index contributed by atoms with van der Waals surface area (Å²) in [4.78, 5) is 4.38. The molecule has 1 atom stereocenters. The lowest BCUT2D eigenvalue weighted by Gasteiger charge is -2.23. The van der Waals surface area contributed by atoms with E-state index in [4.69, 9.17) is 0 Å². The van der Waals surface area contributed by atoms with Gasteiger partial charge in [-0.3, -0.25) is 0 Å². The first-order valence-electron chi connectivity index (χ1n) is 7.49. The van der Waals surface area contributed by atoms with Crippen LogP contribution in [0.3, 0.4) is 0 Å². The van der Waals surface area contributed by atoms with Crippen LogP contribution in [0.4, 0.5) is 0 Å². The molecular formula is C19H26N2. The molecule has 0 aromatic carbocycles. The first kappa shape index (κ1) is 15.6. The molecule has 1 unspecified atom stereocenters. The van der Waals surface area contributed by atoms with Crippen molar-refractivity contribution < 1.29 is 0 Å². The molecule has 0 bridgehead atoms. The van der Waals surface area contributed by atoms with Gasteiger partial charge in [0.25, 0.3) is 0 Å². The molecule has 2 heteroatoms. The molecule has 0 saturated heterocycles. The van der Waals surface area contributed by atoms with Crippen LogP contribution in [-0.4, -0.2) is 44.0 Å². The summed E-state index contributed by atoms with van der Waals surface area (Å²) in [6.45, 7) is 4.29. The standard InChI is InChI=1S/C19H26N2/c1-15(17-10-13-19(14-11-17)21(4)5)16-7-6-8-18(12-9-16)20(2)3/h7-13,19H,1,6,14H2,2-5H3. The molecule has 0 radical (unpaired) electrons. The van der Waals surface area contributed by atoms with Gasteiger partial charge < -0.3 is 9.80 Å². The fourth-order valence-electron chi connectivity index (χ4n) is 2.56. The number of nitrogens with zero attached hydrogens (tertiary/aromatic N) is 2. The zero-order valence-electron chi connectivity index (χ0n) is 13.6. The van der Waals surface area contributed by atoms with E-state index in [9.17, 15) is 0 Å². The molecule has 2 aliphatic rings. The second-order valence-electron chi connectivity index (χ2n) is 6.02. The Hall–Kier alpha value is -1.80. The van der Waals surface area contributed by atoms with Crippen molar-refractivity contribution in [1.82, 2.24) is 9.80 Å². The topological polar surface area (TPSA) is 6.48 Å². The van der Waals surface area contributed by atoms with Crippen LogP contribution in [0.1, 0.15) is 12.8 Å². The van der Waals surface area contributed by atoms with Crippen molar-refractivity contribution in [3.63, 3.8) is 0 Å². The van der Waals surface area contributed by atoms with Crippen LogP contribution in [0.25, 0.3) is 0 Å². The molecule has 112 valence electrons. The summed E-state index contributed by atoms with van der Waals surface area (Å²) in [6.07, 6.45) is 17.6. The van der Waals surface area contributed by atoms with Crippen molar-refractivity contribution in [3.05, 3.63) is 71.5 Å². The van der Waals surface area contributed by atoms with Gasteiger partial charge in [-0.1, -0.05) is 43.0 Å². The van der Waals surface area contributed by atoms with Crippen LogP contribution in [0.2, 0.25) is 0 Å². The Kier molecular flexibility index (Phi) is 5.03. The molecular weight excluding hydrogens is 256 g/mol. The molecule has 21 heavy (non-hydrogen) atoms. The van der Waals surface area contributed by atoms with Gasteiger partial charge in [-0.05, 0) is 49.7 Å². The van der Waals surface area contributed by atoms with Gasteiger partial charge in [-0.25, -0.2) is 0 Å². The predicted molar refractivity (Wildman–Crippen MR) is 92.1 cm³/mol. The van der Waals surface area contributed by atoms with E-state index in [0.717, 1.165) is 18.4 Å². The Morgan fingerprint density at radius 2 is 1.71 bits per heavy atom. The first-order valence-corrected chi connectivity index (χ1v) is 7.49. The van der Waals surface area contributed by atoms with E-state index in [1.807, 2.05) is 0 Å². The monoisotopic (exact) mass is 282 g/mol. The molecule has 0 saturated carbocycles. The number of rotatable bonds is 4. The minimum Gasteiger partial charge on any atom is -0.378 e. The van der Waals surface area contributed by atoms with Gasteiger partial charge in [0.15, 0.2) is 0 Å². The third-order valence-electron chi connectivity index (χ3n) is 4.05. The molecule has 0 aromatic heterocycles. The molecule has 0 fully saturated rings. The van der Waals surface area contributed by atoms with E-state index >= 15 is 0 Å². The number of hydrogen-bond acceptors (Lipinski definition) is 2. The van der Waals surface area contributed by atoms with Gasteiger partial charge in [0.2, 0.25) is 0 Å². The van der Waals surface area contributed by atoms with Crippen molar-refractivity contribution in [2.45, 2.75) is 18.9 Å². The summed E-state index contributed by atoms with van der Waals surface area (Å²) in [5, 5.41) is 0. The Morgan fingerprint density at radius 3 is 2.29 bits per heavy atom. The van der Waals surface area contributed by atoms with E-state index in [2.05, 4.69) is 87.1 Å². The maximum atomic E-state index is 4.29. The van der Waals surface area contributed by atoms with Gasteiger partial charge in [0.05, 0.1) is 0 Å². The van der Waals surface area contributed by atoms with Crippen LogP contribution < -0.4 is 0 Å². The normalized spacial score (nSPS) is 21.6. The van der Waals surface area contributed by atoms with Crippen molar-refractivity contribution in [1.29, 1.82) is 0 Å². The zero-order chi connectivity index (χ0) is 15.4. The summed E-state index contributed by atoms with van der Waals surface area (Å²) < 4.78 is 0. The van der Waals surface area contributed by atoms with Crippen molar-refractivity contribution in [2.75, 3.05) is 28.2 Å². The highest BCUT2D eigenvalue weighted by molar-refractivity contribution is 5.56. The molecule has 0 aliphatic heterocycles. The Bertz CT molecular complexity index is 554. The third-order valence-corrected chi connectivity index (χ3v) is 4.05. The molecule has 0 N–H and O–H groups in total. The highest BCUT2D eigenvalue weighted by Gasteiger charge is 2.13. The van der Waals surface area contributed by atoms with E-state index in [1.54, 1.807) is 0 Å². The van der Waals surface area contributed by atoms with Crippen LogP contribution in [-0.2, 0) is 0 Å². The average molecular weight is 282 g/mol. The van der Waals surface area contributed by atoms with E-state index in [0.29, 0.717) is 6.04 Å². The minimum atomic E-state index is 0.502. The fraction of sp³-hybridized carbons (Fsp3) is 0.368. The van der Waals surface area contributed by atoms with Gasteiger partial charge in [-0.2, -0.15) is 0 Å². The van der Waals surface area contributed by atoms with Crippen molar-refractivity contribution >= 4 is 0 Å². The lowest BCUT2D eigenvalue weighted by Crippen LogP contribution is -2.26. The van der Waals surface area contributed by atoms with Crippen LogP contribution in [0, 0.1) is 0 Å². The molecule has 2 rings (SSSR count). The van der Waals surface area contributed by atoms with E-state index in [1.165, 1.54) is 16.8 Å². The van der Waals surface area contributed by atoms with Gasteiger partial charge in [0, 0.05) is 25.8 Å². The van der Waals surface area contributed by atoms with Crippen LogP contribution in [0.5, 0.6) is 0 Å². The third kappa shape index (κ3) is 3.85. The van der Waals surface area contributed by atoms with Gasteiger partial charge >= 0.3 is 0 Å². The predicted octanol–water partition coefficient (Wildman–Crippen LogP) is 3.69. The molecule has 2 aliphatic carbocycles. The van der Waals surface area contributed by atoms with Gasteiger partial charge in [0.1, 0.15) is 0 Å². The second-order valence-corrected chi connectivity index (χ2v) is 6.02. The molecule has 0 heterocycles. The first-order chi connectivity index (χ1) is 9.99. The quantitative estimate of drug-likeness (QED) is 0.776. The zero-order valence-corrected chi connectivity index (χ0v) is 13.6. The van der Waals surface area contributed by atoms with Crippen LogP contribution in [0.15, 0.2) is 71.5 Å². The molecule has 0 amide bonds. The minimum absolute atomic E-state index is 0.502. The number of likely N-dealkylation sites (N-methyl/N-ethyl adjacent to an activating group) is 2. The SMILES string of the molecule is C=C(C1=CCC=C(N(C)C)C=C1)C1=CCC(N(C)C)C=C1. The largest absolute Gasteiger partial charge is 0.378 e. The lowest BCUT2D eigenvalue weighted by molar-refractivity contribution is 0.343. The molecule has 0 aromatic rings. The number of hydrogen-bond donors (Lipinski definition) is 0. The van der Waals surface area contributed by atoms with Crippen LogP contribution >= 0.6 is 0 Å². The Balaban J connectivity index is 2.08. The summed E-state index contributed by atoms with van der Waals surface area (Å²) >= 11 is 0. The molecule has 2 nitrogen and oxygen atoms in total. The van der Waals surface area contributed by atoms with E-state index < -0.39 is 0 Å². The second kappa shape index (κ2) is 6.77. The Labute approximate surface area is 129 Å². The summed E-state index contributed by atoms with van der Waals surface area (Å²) in [6, 6.07) is 0.502. The van der Waals surface area contributed by atoms with Gasteiger partial charge in [-0.15, -0.1) is 0 Å². The summed E-state index contributed by atoms with van der Waals surface area (Å²) in [5.74, 6) is 0. The average Bonchev–Trinajstić information content (AvgIpc) is 2.72. The summed E-state index contributed by atoms with van der Waals surface area (Å²) in [7, 11) is 8.38. The maximum absolute atomic E-state index is 4.29. The smallest absolute Gasteiger partial charge is 0.0323 e. The van der Waals surface area contributed by atoms with Crippen molar-refractivity contribution in [3.8, 4) is 0 Å². The Morgan fingerprint density at radius 1 is 1.00 bits per heavy atom. The summed E-state index contributed by atoms with van der Waals surface area (Å²) in [5.41, 5.74) is 4.84. The fourth-order valence-corrected chi connectivity index (χ4v) is 2.56. The molecule has 0 spiro atoms. The van der Waals surface area contributed by atoms with E-state index in [-0.39, 0.29) is 0 Å². The van der Waals surface area contributed by atoms with Crippen molar-refractivity contribution in [2.24, 2.45) is 0 Å². The maximum Gasteiger partial charge on any atom is 0.0323 e. The lowest BCUT2D eigenvalue weighted by atomic mass is 9.92.